The Labute approximate surface area is 143 Å². The van der Waals surface area contributed by atoms with Crippen molar-refractivity contribution >= 4 is 17.8 Å². The van der Waals surface area contributed by atoms with E-state index in [1.165, 1.54) is 0 Å². The predicted octanol–water partition coefficient (Wildman–Crippen LogP) is -0.0162. The van der Waals surface area contributed by atoms with Gasteiger partial charge in [0.15, 0.2) is 0 Å². The van der Waals surface area contributed by atoms with E-state index in [1.807, 2.05) is 20.8 Å². The van der Waals surface area contributed by atoms with Crippen LogP contribution in [0.4, 0.5) is 4.79 Å². The Hall–Kier alpha value is -2.09. The quantitative estimate of drug-likeness (QED) is 0.266. The first kappa shape index (κ1) is 21.9. The summed E-state index contributed by atoms with van der Waals surface area (Å²) in [5, 5.41) is 7.97. The maximum atomic E-state index is 12.4. The molecule has 0 fully saturated rings. The van der Waals surface area contributed by atoms with E-state index in [9.17, 15) is 14.4 Å². The zero-order valence-electron chi connectivity index (χ0n) is 14.8. The standard InChI is InChI=1S/C16H31N5O3/c1-5-7-11(4)20-14(22)12(8-6-9-19-16(18)24)21-15(23)13(17)10(2)3/h5,10-13H,1,6-9,17H2,2-4H3,(H,20,22)(H,21,23)(H3,18,19,24)/t11?,12-,13-/m0/s1. The van der Waals surface area contributed by atoms with Crippen LogP contribution in [0.15, 0.2) is 12.7 Å². The number of nitrogens with one attached hydrogen (secondary N) is 3. The summed E-state index contributed by atoms with van der Waals surface area (Å²) in [6.07, 6.45) is 3.20. The van der Waals surface area contributed by atoms with E-state index in [0.717, 1.165) is 0 Å². The second-order valence-corrected chi connectivity index (χ2v) is 6.20. The fourth-order valence-electron chi connectivity index (χ4n) is 2.01. The van der Waals surface area contributed by atoms with Gasteiger partial charge in [0.1, 0.15) is 6.04 Å². The summed E-state index contributed by atoms with van der Waals surface area (Å²) in [5.74, 6) is -0.693. The highest BCUT2D eigenvalue weighted by Gasteiger charge is 2.25. The zero-order chi connectivity index (χ0) is 18.7. The van der Waals surface area contributed by atoms with Gasteiger partial charge in [-0.3, -0.25) is 9.59 Å². The Balaban J connectivity index is 4.74. The Bertz CT molecular complexity index is 439. The van der Waals surface area contributed by atoms with Gasteiger partial charge >= 0.3 is 6.03 Å². The van der Waals surface area contributed by atoms with Crippen molar-refractivity contribution in [2.45, 2.75) is 58.2 Å². The van der Waals surface area contributed by atoms with Crippen LogP contribution in [0.3, 0.4) is 0 Å². The summed E-state index contributed by atoms with van der Waals surface area (Å²) in [6, 6.07) is -2.11. The van der Waals surface area contributed by atoms with Gasteiger partial charge in [-0.2, -0.15) is 0 Å². The lowest BCUT2D eigenvalue weighted by atomic mass is 10.0. The highest BCUT2D eigenvalue weighted by Crippen LogP contribution is 2.03. The fourth-order valence-corrected chi connectivity index (χ4v) is 2.01. The molecule has 0 rings (SSSR count). The number of carbonyl (C=O) groups excluding carboxylic acids is 3. The first-order valence-corrected chi connectivity index (χ1v) is 8.19. The molecule has 0 aliphatic heterocycles. The van der Waals surface area contributed by atoms with E-state index in [1.54, 1.807) is 6.08 Å². The van der Waals surface area contributed by atoms with Gasteiger partial charge in [0.2, 0.25) is 11.8 Å². The molecule has 0 aromatic rings. The minimum Gasteiger partial charge on any atom is -0.352 e. The van der Waals surface area contributed by atoms with Crippen LogP contribution in [-0.4, -0.2) is 42.5 Å². The van der Waals surface area contributed by atoms with E-state index >= 15 is 0 Å². The summed E-state index contributed by atoms with van der Waals surface area (Å²) >= 11 is 0. The first-order chi connectivity index (χ1) is 11.2. The van der Waals surface area contributed by atoms with Gasteiger partial charge in [-0.1, -0.05) is 19.9 Å². The Kier molecular flexibility index (Phi) is 10.4. The molecule has 8 nitrogen and oxygen atoms in total. The Morgan fingerprint density at radius 3 is 2.25 bits per heavy atom. The molecule has 0 spiro atoms. The third-order valence-electron chi connectivity index (χ3n) is 3.53. The van der Waals surface area contributed by atoms with Crippen molar-refractivity contribution in [3.05, 3.63) is 12.7 Å². The normalized spacial score (nSPS) is 14.4. The van der Waals surface area contributed by atoms with E-state index in [-0.39, 0.29) is 23.8 Å². The summed E-state index contributed by atoms with van der Waals surface area (Å²) < 4.78 is 0. The van der Waals surface area contributed by atoms with Gasteiger partial charge in [-0.15, -0.1) is 6.58 Å². The van der Waals surface area contributed by atoms with Crippen molar-refractivity contribution in [2.24, 2.45) is 17.4 Å². The van der Waals surface area contributed by atoms with Crippen molar-refractivity contribution in [1.82, 2.24) is 16.0 Å². The van der Waals surface area contributed by atoms with E-state index < -0.39 is 18.1 Å². The molecule has 0 aliphatic rings. The van der Waals surface area contributed by atoms with Crippen molar-refractivity contribution in [1.29, 1.82) is 0 Å². The number of primary amides is 1. The molecule has 24 heavy (non-hydrogen) atoms. The monoisotopic (exact) mass is 341 g/mol. The highest BCUT2D eigenvalue weighted by atomic mass is 16.2. The van der Waals surface area contributed by atoms with Crippen molar-refractivity contribution < 1.29 is 14.4 Å². The molecule has 0 heterocycles. The first-order valence-electron chi connectivity index (χ1n) is 8.19. The maximum Gasteiger partial charge on any atom is 0.312 e. The predicted molar refractivity (Wildman–Crippen MR) is 94.0 cm³/mol. The molecule has 8 heteroatoms. The molecular formula is C16H31N5O3. The number of hydrogen-bond donors (Lipinski definition) is 5. The van der Waals surface area contributed by atoms with Crippen molar-refractivity contribution in [3.63, 3.8) is 0 Å². The van der Waals surface area contributed by atoms with Crippen LogP contribution in [0.2, 0.25) is 0 Å². The van der Waals surface area contributed by atoms with Gasteiger partial charge in [-0.25, -0.2) is 4.79 Å². The van der Waals surface area contributed by atoms with Crippen LogP contribution in [0.1, 0.15) is 40.0 Å². The summed E-state index contributed by atoms with van der Waals surface area (Å²) in [5.41, 5.74) is 10.8. The molecule has 0 bridgehead atoms. The number of nitrogens with two attached hydrogens (primary N) is 2. The van der Waals surface area contributed by atoms with E-state index in [2.05, 4.69) is 22.5 Å². The molecule has 0 saturated carbocycles. The van der Waals surface area contributed by atoms with Crippen LogP contribution in [0.25, 0.3) is 0 Å². The van der Waals surface area contributed by atoms with Crippen LogP contribution in [-0.2, 0) is 9.59 Å². The third kappa shape index (κ3) is 9.14. The Morgan fingerprint density at radius 1 is 1.12 bits per heavy atom. The van der Waals surface area contributed by atoms with Crippen molar-refractivity contribution in [2.75, 3.05) is 6.54 Å². The number of urea groups is 1. The zero-order valence-corrected chi connectivity index (χ0v) is 14.8. The topological polar surface area (TPSA) is 139 Å². The summed E-state index contributed by atoms with van der Waals surface area (Å²) in [4.78, 5) is 35.2. The van der Waals surface area contributed by atoms with Gasteiger partial charge < -0.3 is 27.4 Å². The second-order valence-electron chi connectivity index (χ2n) is 6.20. The summed E-state index contributed by atoms with van der Waals surface area (Å²) in [7, 11) is 0. The van der Waals surface area contributed by atoms with Gasteiger partial charge in [0, 0.05) is 12.6 Å². The molecular weight excluding hydrogens is 310 g/mol. The fraction of sp³-hybridized carbons (Fsp3) is 0.688. The van der Waals surface area contributed by atoms with Crippen LogP contribution < -0.4 is 27.4 Å². The van der Waals surface area contributed by atoms with Gasteiger partial charge in [0.05, 0.1) is 6.04 Å². The molecule has 4 amide bonds. The van der Waals surface area contributed by atoms with Crippen LogP contribution >= 0.6 is 0 Å². The second kappa shape index (κ2) is 11.4. The largest absolute Gasteiger partial charge is 0.352 e. The third-order valence-corrected chi connectivity index (χ3v) is 3.53. The lowest BCUT2D eigenvalue weighted by Gasteiger charge is -2.23. The molecule has 0 aromatic heterocycles. The van der Waals surface area contributed by atoms with Crippen LogP contribution in [0, 0.1) is 5.92 Å². The van der Waals surface area contributed by atoms with Gasteiger partial charge in [0.25, 0.3) is 0 Å². The minimum atomic E-state index is -0.718. The summed E-state index contributed by atoms with van der Waals surface area (Å²) in [6.45, 7) is 9.48. The van der Waals surface area contributed by atoms with E-state index in [4.69, 9.17) is 11.5 Å². The molecule has 138 valence electrons. The smallest absolute Gasteiger partial charge is 0.312 e. The average Bonchev–Trinajstić information content (AvgIpc) is 2.48. The molecule has 0 saturated heterocycles. The molecule has 0 aliphatic carbocycles. The van der Waals surface area contributed by atoms with Gasteiger partial charge in [-0.05, 0) is 32.1 Å². The number of hydrogen-bond acceptors (Lipinski definition) is 4. The molecule has 0 radical (unpaired) electrons. The maximum absolute atomic E-state index is 12.4. The van der Waals surface area contributed by atoms with E-state index in [0.29, 0.717) is 25.8 Å². The number of amides is 4. The van der Waals surface area contributed by atoms with Crippen molar-refractivity contribution in [3.8, 4) is 0 Å². The molecule has 1 unspecified atom stereocenters. The average molecular weight is 341 g/mol. The highest BCUT2D eigenvalue weighted by molar-refractivity contribution is 5.89. The molecule has 0 aromatic carbocycles. The minimum absolute atomic E-state index is 0.0371. The number of carbonyl (C=O) groups is 3. The molecule has 3 atom stereocenters. The lowest BCUT2D eigenvalue weighted by molar-refractivity contribution is -0.130. The number of rotatable bonds is 11. The lowest BCUT2D eigenvalue weighted by Crippen LogP contribution is -2.54. The SMILES string of the molecule is C=CCC(C)NC(=O)[C@H](CCCNC(N)=O)NC(=O)[C@@H](N)C(C)C. The Morgan fingerprint density at radius 2 is 1.75 bits per heavy atom. The molecule has 7 N–H and O–H groups in total. The van der Waals surface area contributed by atoms with Crippen LogP contribution in [0.5, 0.6) is 0 Å².